The summed E-state index contributed by atoms with van der Waals surface area (Å²) in [6, 6.07) is 2.73. The Bertz CT molecular complexity index is 746. The van der Waals surface area contributed by atoms with Gasteiger partial charge < -0.3 is 9.72 Å². The van der Waals surface area contributed by atoms with Gasteiger partial charge in [0.1, 0.15) is 5.82 Å². The third-order valence-corrected chi connectivity index (χ3v) is 3.66. The molecule has 0 unspecified atom stereocenters. The zero-order valence-corrected chi connectivity index (χ0v) is 11.4. The topological polar surface area (TPSA) is 84.1 Å². The predicted octanol–water partition coefficient (Wildman–Crippen LogP) is 2.26. The van der Waals surface area contributed by atoms with Crippen LogP contribution in [0.25, 0.3) is 0 Å². The lowest BCUT2D eigenvalue weighted by Gasteiger charge is -2.09. The summed E-state index contributed by atoms with van der Waals surface area (Å²) in [5.41, 5.74) is -0.138. The maximum Gasteiger partial charge on any atom is 0.387 e. The lowest BCUT2D eigenvalue weighted by molar-refractivity contribution is -0.0521. The number of imidazole rings is 1. The number of H-pyrrole nitrogens is 1. The van der Waals surface area contributed by atoms with E-state index in [0.717, 1.165) is 24.4 Å². The van der Waals surface area contributed by atoms with E-state index in [1.807, 2.05) is 0 Å². The minimum absolute atomic E-state index is 0.138. The molecule has 21 heavy (non-hydrogen) atoms. The van der Waals surface area contributed by atoms with Crippen LogP contribution in [0.2, 0.25) is 0 Å². The summed E-state index contributed by atoms with van der Waals surface area (Å²) < 4.78 is 67.3. The van der Waals surface area contributed by atoms with Gasteiger partial charge in [-0.15, -0.1) is 0 Å². The molecule has 0 fully saturated rings. The Morgan fingerprint density at radius 3 is 2.62 bits per heavy atom. The number of aryl methyl sites for hydroxylation is 1. The lowest BCUT2D eigenvalue weighted by atomic mass is 10.3. The van der Waals surface area contributed by atoms with Gasteiger partial charge in [-0.2, -0.15) is 17.2 Å². The number of sulfonamides is 1. The molecule has 0 radical (unpaired) electrons. The van der Waals surface area contributed by atoms with Crippen molar-refractivity contribution in [3.63, 3.8) is 0 Å². The number of halogens is 3. The van der Waals surface area contributed by atoms with E-state index in [-0.39, 0.29) is 10.7 Å². The van der Waals surface area contributed by atoms with Crippen LogP contribution in [0.5, 0.6) is 5.75 Å². The van der Waals surface area contributed by atoms with Crippen molar-refractivity contribution < 1.29 is 26.3 Å². The Morgan fingerprint density at radius 1 is 1.38 bits per heavy atom. The first kappa shape index (κ1) is 15.2. The average Bonchev–Trinajstić information content (AvgIpc) is 2.79. The molecule has 0 atom stereocenters. The fraction of sp³-hybridized carbons (Fsp3) is 0.182. The van der Waals surface area contributed by atoms with Gasteiger partial charge in [0, 0.05) is 6.07 Å². The van der Waals surface area contributed by atoms with Gasteiger partial charge in [-0.1, -0.05) is 0 Å². The molecule has 2 aromatic rings. The van der Waals surface area contributed by atoms with Gasteiger partial charge in [-0.05, 0) is 19.1 Å². The van der Waals surface area contributed by atoms with Gasteiger partial charge in [0.05, 0.1) is 11.9 Å². The molecule has 0 saturated heterocycles. The van der Waals surface area contributed by atoms with Crippen LogP contribution in [0.4, 0.5) is 18.9 Å². The normalized spacial score (nSPS) is 11.7. The first-order chi connectivity index (χ1) is 9.78. The second-order valence-corrected chi connectivity index (χ2v) is 5.61. The highest BCUT2D eigenvalue weighted by Crippen LogP contribution is 2.24. The molecule has 114 valence electrons. The average molecular weight is 321 g/mol. The molecule has 0 spiro atoms. The standard InChI is InChI=1S/C11H10F3N3O3S/c1-6-15-5-10(16-6)21(18,19)17-7-2-3-9(8(12)4-7)20-11(13)14/h2-5,11,17H,1H3,(H,15,16). The SMILES string of the molecule is Cc1ncc(S(=O)(=O)Nc2ccc(OC(F)F)c(F)c2)[nH]1. The van der Waals surface area contributed by atoms with Gasteiger partial charge in [0.25, 0.3) is 10.0 Å². The van der Waals surface area contributed by atoms with Gasteiger partial charge in [0.15, 0.2) is 16.6 Å². The summed E-state index contributed by atoms with van der Waals surface area (Å²) in [7, 11) is -3.97. The van der Waals surface area contributed by atoms with E-state index in [4.69, 9.17) is 0 Å². The quantitative estimate of drug-likeness (QED) is 0.885. The summed E-state index contributed by atoms with van der Waals surface area (Å²) in [5, 5.41) is -0.201. The number of anilines is 1. The van der Waals surface area contributed by atoms with Crippen LogP contribution in [-0.4, -0.2) is 25.0 Å². The number of aromatic nitrogens is 2. The molecule has 0 aliphatic heterocycles. The zero-order valence-electron chi connectivity index (χ0n) is 10.6. The Hall–Kier alpha value is -2.23. The summed E-state index contributed by atoms with van der Waals surface area (Å²) in [4.78, 5) is 6.25. The van der Waals surface area contributed by atoms with Gasteiger partial charge in [0.2, 0.25) is 0 Å². The van der Waals surface area contributed by atoms with Crippen molar-refractivity contribution in [3.8, 4) is 5.75 Å². The van der Waals surface area contributed by atoms with Crippen molar-refractivity contribution in [1.82, 2.24) is 9.97 Å². The fourth-order valence-corrected chi connectivity index (χ4v) is 2.52. The molecule has 6 nitrogen and oxygen atoms in total. The zero-order chi connectivity index (χ0) is 15.6. The number of rotatable bonds is 5. The molecule has 2 rings (SSSR count). The Labute approximate surface area is 118 Å². The molecule has 1 heterocycles. The van der Waals surface area contributed by atoms with E-state index in [2.05, 4.69) is 19.4 Å². The Kier molecular flexibility index (Phi) is 4.07. The molecule has 0 aliphatic carbocycles. The third kappa shape index (κ3) is 3.66. The third-order valence-electron chi connectivity index (χ3n) is 2.37. The molecule has 1 aromatic carbocycles. The number of hydrogen-bond acceptors (Lipinski definition) is 4. The van der Waals surface area contributed by atoms with Gasteiger partial charge >= 0.3 is 6.61 Å². The van der Waals surface area contributed by atoms with Crippen LogP contribution in [0.1, 0.15) is 5.82 Å². The maximum absolute atomic E-state index is 13.5. The van der Waals surface area contributed by atoms with Crippen molar-refractivity contribution in [2.45, 2.75) is 18.6 Å². The van der Waals surface area contributed by atoms with Crippen LogP contribution in [0.15, 0.2) is 29.4 Å². The molecule has 1 aromatic heterocycles. The van der Waals surface area contributed by atoms with Crippen molar-refractivity contribution in [1.29, 1.82) is 0 Å². The summed E-state index contributed by atoms with van der Waals surface area (Å²) >= 11 is 0. The van der Waals surface area contributed by atoms with E-state index < -0.39 is 28.2 Å². The second-order valence-electron chi connectivity index (χ2n) is 3.96. The van der Waals surface area contributed by atoms with Crippen molar-refractivity contribution >= 4 is 15.7 Å². The highest BCUT2D eigenvalue weighted by atomic mass is 32.2. The van der Waals surface area contributed by atoms with Crippen molar-refractivity contribution in [2.75, 3.05) is 4.72 Å². The molecule has 0 saturated carbocycles. The van der Waals surface area contributed by atoms with E-state index in [0.29, 0.717) is 5.82 Å². The predicted molar refractivity (Wildman–Crippen MR) is 67.2 cm³/mol. The van der Waals surface area contributed by atoms with E-state index in [1.165, 1.54) is 0 Å². The number of nitrogens with one attached hydrogen (secondary N) is 2. The molecule has 2 N–H and O–H groups in total. The molecule has 0 aliphatic rings. The summed E-state index contributed by atoms with van der Waals surface area (Å²) in [5.74, 6) is -1.40. The fourth-order valence-electron chi connectivity index (χ4n) is 1.50. The number of benzene rings is 1. The molecule has 0 bridgehead atoms. The lowest BCUT2D eigenvalue weighted by Crippen LogP contribution is -2.13. The number of aromatic amines is 1. The van der Waals surface area contributed by atoms with Crippen LogP contribution in [-0.2, 0) is 10.0 Å². The molecule has 0 amide bonds. The molecular formula is C11H10F3N3O3S. The first-order valence-corrected chi connectivity index (χ1v) is 7.05. The van der Waals surface area contributed by atoms with Crippen LogP contribution in [0.3, 0.4) is 0 Å². The van der Waals surface area contributed by atoms with E-state index in [9.17, 15) is 21.6 Å². The Balaban J connectivity index is 2.22. The minimum Gasteiger partial charge on any atom is -0.432 e. The second kappa shape index (κ2) is 5.64. The van der Waals surface area contributed by atoms with Crippen LogP contribution in [0, 0.1) is 12.7 Å². The Morgan fingerprint density at radius 2 is 2.10 bits per heavy atom. The van der Waals surface area contributed by atoms with Crippen LogP contribution >= 0.6 is 0 Å². The molecule has 10 heteroatoms. The first-order valence-electron chi connectivity index (χ1n) is 5.57. The number of ether oxygens (including phenoxy) is 1. The summed E-state index contributed by atoms with van der Waals surface area (Å²) in [6.45, 7) is -1.61. The van der Waals surface area contributed by atoms with Crippen LogP contribution < -0.4 is 9.46 Å². The summed E-state index contributed by atoms with van der Waals surface area (Å²) in [6.07, 6.45) is 1.10. The van der Waals surface area contributed by atoms with E-state index >= 15 is 0 Å². The largest absolute Gasteiger partial charge is 0.432 e. The van der Waals surface area contributed by atoms with Gasteiger partial charge in [-0.25, -0.2) is 9.37 Å². The number of alkyl halides is 2. The van der Waals surface area contributed by atoms with Crippen molar-refractivity contribution in [3.05, 3.63) is 36.0 Å². The van der Waals surface area contributed by atoms with Gasteiger partial charge in [-0.3, -0.25) is 4.72 Å². The monoisotopic (exact) mass is 321 g/mol. The minimum atomic E-state index is -3.97. The van der Waals surface area contributed by atoms with Crippen molar-refractivity contribution in [2.24, 2.45) is 0 Å². The highest BCUT2D eigenvalue weighted by Gasteiger charge is 2.18. The highest BCUT2D eigenvalue weighted by molar-refractivity contribution is 7.92. The van der Waals surface area contributed by atoms with E-state index in [1.54, 1.807) is 6.92 Å². The number of hydrogen-bond donors (Lipinski definition) is 2. The smallest absolute Gasteiger partial charge is 0.387 e. The maximum atomic E-state index is 13.5. The number of nitrogens with zero attached hydrogens (tertiary/aromatic N) is 1. The molecular weight excluding hydrogens is 311 g/mol.